The van der Waals surface area contributed by atoms with Crippen molar-refractivity contribution in [2.24, 2.45) is 34.5 Å². The molecule has 0 amide bonds. The molecule has 8 atom stereocenters. The van der Waals surface area contributed by atoms with Crippen LogP contribution < -0.4 is 0 Å². The van der Waals surface area contributed by atoms with Gasteiger partial charge in [-0.25, -0.2) is 4.58 Å². The maximum Gasteiger partial charge on any atom is 0.182 e. The summed E-state index contributed by atoms with van der Waals surface area (Å²) in [5.74, 6) is 2.69. The van der Waals surface area contributed by atoms with E-state index in [1.54, 1.807) is 0 Å². The molecular formula is C39H58Cl3N2+. The maximum atomic E-state index is 7.19. The van der Waals surface area contributed by atoms with Crippen molar-refractivity contribution >= 4 is 40.5 Å². The zero-order valence-electron chi connectivity index (χ0n) is 28.4. The van der Waals surface area contributed by atoms with E-state index in [4.69, 9.17) is 34.8 Å². The number of halogens is 3. The molecule has 0 spiro atoms. The van der Waals surface area contributed by atoms with Gasteiger partial charge in [0.2, 0.25) is 0 Å². The third-order valence-electron chi connectivity index (χ3n) is 13.0. The van der Waals surface area contributed by atoms with Crippen LogP contribution in [0.15, 0.2) is 46.2 Å². The fourth-order valence-electron chi connectivity index (χ4n) is 10.8. The molecule has 44 heavy (non-hydrogen) atoms. The minimum atomic E-state index is 0.121. The Morgan fingerprint density at radius 1 is 0.841 bits per heavy atom. The van der Waals surface area contributed by atoms with Crippen LogP contribution in [0.25, 0.3) is 0 Å². The van der Waals surface area contributed by atoms with Crippen molar-refractivity contribution in [3.63, 3.8) is 0 Å². The minimum absolute atomic E-state index is 0.121. The van der Waals surface area contributed by atoms with E-state index in [-0.39, 0.29) is 10.8 Å². The lowest BCUT2D eigenvalue weighted by Crippen LogP contribution is -2.50. The lowest BCUT2D eigenvalue weighted by Gasteiger charge is -2.45. The monoisotopic (exact) mass is 659 g/mol. The van der Waals surface area contributed by atoms with Crippen LogP contribution in [0.3, 0.4) is 0 Å². The van der Waals surface area contributed by atoms with Gasteiger partial charge in [-0.1, -0.05) is 64.3 Å². The molecule has 2 nitrogen and oxygen atoms in total. The van der Waals surface area contributed by atoms with Crippen LogP contribution in [-0.4, -0.2) is 51.1 Å². The van der Waals surface area contributed by atoms with Crippen LogP contribution in [0.4, 0.5) is 0 Å². The van der Waals surface area contributed by atoms with Gasteiger partial charge in [0.1, 0.15) is 6.54 Å². The van der Waals surface area contributed by atoms with Crippen LogP contribution in [0.1, 0.15) is 119 Å². The number of hydrogen-bond donors (Lipinski definition) is 0. The van der Waals surface area contributed by atoms with Crippen LogP contribution in [0, 0.1) is 34.5 Å². The van der Waals surface area contributed by atoms with E-state index in [0.29, 0.717) is 40.6 Å². The van der Waals surface area contributed by atoms with Gasteiger partial charge in [-0.05, 0) is 101 Å². The number of rotatable bonds is 7. The van der Waals surface area contributed by atoms with Gasteiger partial charge in [0.05, 0.1) is 5.41 Å². The van der Waals surface area contributed by atoms with E-state index >= 15 is 0 Å². The zero-order valence-corrected chi connectivity index (χ0v) is 30.6. The highest BCUT2D eigenvalue weighted by Gasteiger charge is 2.61. The molecule has 0 aromatic heterocycles. The number of likely N-dealkylation sites (tertiary alicyclic amines) is 1. The number of fused-ring (bicyclic) bond motifs is 4. The van der Waals surface area contributed by atoms with Crippen molar-refractivity contribution in [2.45, 2.75) is 141 Å². The first-order chi connectivity index (χ1) is 21.0. The maximum absolute atomic E-state index is 7.19. The smallest absolute Gasteiger partial charge is 0.182 e. The summed E-state index contributed by atoms with van der Waals surface area (Å²) >= 11 is 21.0. The molecule has 1 saturated heterocycles. The largest absolute Gasteiger partial charge is 0.371 e. The lowest BCUT2D eigenvalue weighted by atomic mass is 9.59. The number of allylic oxidation sites excluding steroid dienone is 8. The van der Waals surface area contributed by atoms with Crippen LogP contribution >= 0.6 is 34.8 Å². The summed E-state index contributed by atoms with van der Waals surface area (Å²) in [6, 6.07) is 1.26. The van der Waals surface area contributed by atoms with Crippen molar-refractivity contribution in [1.29, 1.82) is 0 Å². The van der Waals surface area contributed by atoms with Gasteiger partial charge in [-0.3, -0.25) is 0 Å². The third-order valence-corrected chi connectivity index (χ3v) is 14.4. The molecule has 8 unspecified atom stereocenters. The molecule has 2 aliphatic heterocycles. The molecule has 3 saturated carbocycles. The van der Waals surface area contributed by atoms with E-state index in [0.717, 1.165) is 56.1 Å². The second-order valence-corrected chi connectivity index (χ2v) is 17.7. The van der Waals surface area contributed by atoms with Gasteiger partial charge in [0, 0.05) is 63.8 Å². The van der Waals surface area contributed by atoms with Crippen LogP contribution in [0.5, 0.6) is 0 Å². The predicted molar refractivity (Wildman–Crippen MR) is 190 cm³/mol. The van der Waals surface area contributed by atoms with Gasteiger partial charge >= 0.3 is 0 Å². The quantitative estimate of drug-likeness (QED) is 0.195. The Labute approximate surface area is 284 Å². The molecule has 244 valence electrons. The Bertz CT molecular complexity index is 1250. The SMILES string of the molecule is CCCN1/C(=C/C=C2\CCC(/C=C/C3=[N+](CCC)C4C5CCCCC5C(Cl)CC4C3(C)C)=C2Cl)C(C)(C)C2CC(Cl)CCC21. The Morgan fingerprint density at radius 3 is 2.32 bits per heavy atom. The van der Waals surface area contributed by atoms with Crippen molar-refractivity contribution in [3.05, 3.63) is 46.2 Å². The summed E-state index contributed by atoms with van der Waals surface area (Å²) in [7, 11) is 0. The van der Waals surface area contributed by atoms with E-state index < -0.39 is 0 Å². The second kappa shape index (κ2) is 13.1. The van der Waals surface area contributed by atoms with Crippen molar-refractivity contribution in [1.82, 2.24) is 4.90 Å². The highest BCUT2D eigenvalue weighted by molar-refractivity contribution is 6.33. The first-order valence-electron chi connectivity index (χ1n) is 18.2. The fourth-order valence-corrected chi connectivity index (χ4v) is 12.0. The second-order valence-electron chi connectivity index (χ2n) is 16.2. The molecule has 2 heterocycles. The Morgan fingerprint density at radius 2 is 1.59 bits per heavy atom. The number of nitrogens with zero attached hydrogens (tertiary/aromatic N) is 2. The van der Waals surface area contributed by atoms with Crippen LogP contribution in [-0.2, 0) is 0 Å². The highest BCUT2D eigenvalue weighted by Crippen LogP contribution is 2.56. The Kier molecular flexibility index (Phi) is 9.86. The van der Waals surface area contributed by atoms with Gasteiger partial charge in [0.25, 0.3) is 0 Å². The number of hydrogen-bond acceptors (Lipinski definition) is 1. The molecule has 4 aliphatic carbocycles. The summed E-state index contributed by atoms with van der Waals surface area (Å²) in [5.41, 5.74) is 5.85. The molecule has 4 fully saturated rings. The molecule has 0 radical (unpaired) electrons. The van der Waals surface area contributed by atoms with E-state index in [2.05, 4.69) is 75.3 Å². The molecule has 0 aromatic carbocycles. The summed E-state index contributed by atoms with van der Waals surface area (Å²) in [5, 5.41) is 1.62. The van der Waals surface area contributed by atoms with Gasteiger partial charge in [-0.15, -0.1) is 23.2 Å². The van der Waals surface area contributed by atoms with Crippen molar-refractivity contribution in [2.75, 3.05) is 13.1 Å². The normalized spacial score (nSPS) is 40.0. The summed E-state index contributed by atoms with van der Waals surface area (Å²) in [6.07, 6.45) is 24.1. The van der Waals surface area contributed by atoms with E-state index in [1.165, 1.54) is 67.5 Å². The summed E-state index contributed by atoms with van der Waals surface area (Å²) < 4.78 is 2.83. The molecule has 0 aromatic rings. The third kappa shape index (κ3) is 5.72. The standard InChI is InChI=1S/C39H58Cl3N2/c1-7-21-43-33-18-17-27(40)23-30(33)38(3,4)34(43)19-15-25-13-14-26(36(25)42)16-20-35-39(5,6)31-24-32(41)28-11-9-10-12-29(28)37(31)44(35)22-8-2/h15-16,19-20,27-33,37H,7-14,17-18,21-24H2,1-6H3/q+1. The molecule has 6 aliphatic rings. The van der Waals surface area contributed by atoms with Crippen molar-refractivity contribution < 1.29 is 4.58 Å². The molecular weight excluding hydrogens is 603 g/mol. The molecule has 0 N–H and O–H groups in total. The molecule has 0 bridgehead atoms. The van der Waals surface area contributed by atoms with E-state index in [9.17, 15) is 0 Å². The first kappa shape index (κ1) is 33.2. The summed E-state index contributed by atoms with van der Waals surface area (Å²) in [6.45, 7) is 16.8. The van der Waals surface area contributed by atoms with Crippen LogP contribution in [0.2, 0.25) is 0 Å². The van der Waals surface area contributed by atoms with E-state index in [1.807, 2.05) is 0 Å². The summed E-state index contributed by atoms with van der Waals surface area (Å²) in [4.78, 5) is 2.72. The lowest BCUT2D eigenvalue weighted by molar-refractivity contribution is -0.577. The zero-order chi connectivity index (χ0) is 31.4. The average Bonchev–Trinajstić information content (AvgIpc) is 3.51. The van der Waals surface area contributed by atoms with Crippen molar-refractivity contribution in [3.8, 4) is 0 Å². The Hall–Kier alpha value is -0.700. The minimum Gasteiger partial charge on any atom is -0.371 e. The molecule has 5 heteroatoms. The Balaban J connectivity index is 1.28. The fraction of sp³-hybridized carbons (Fsp3) is 0.769. The van der Waals surface area contributed by atoms with Gasteiger partial charge in [-0.2, -0.15) is 0 Å². The number of alkyl halides is 2. The predicted octanol–water partition coefficient (Wildman–Crippen LogP) is 10.9. The van der Waals surface area contributed by atoms with Gasteiger partial charge < -0.3 is 4.90 Å². The topological polar surface area (TPSA) is 6.25 Å². The first-order valence-corrected chi connectivity index (χ1v) is 19.4. The highest BCUT2D eigenvalue weighted by atomic mass is 35.5. The van der Waals surface area contributed by atoms with Gasteiger partial charge in [0.15, 0.2) is 11.8 Å². The average molecular weight is 661 g/mol. The molecule has 6 rings (SSSR count).